The molecule has 0 amide bonds. The second-order valence-electron chi connectivity index (χ2n) is 1.71. The van der Waals surface area contributed by atoms with Gasteiger partial charge >= 0.3 is 29.6 Å². The Morgan fingerprint density at radius 3 is 2.33 bits per heavy atom. The normalized spacial score (nSPS) is 9.08. The van der Waals surface area contributed by atoms with Crippen molar-refractivity contribution in [1.82, 2.24) is 0 Å². The van der Waals surface area contributed by atoms with Crippen molar-refractivity contribution in [2.75, 3.05) is 0 Å². The van der Waals surface area contributed by atoms with Gasteiger partial charge in [-0.1, -0.05) is 0 Å². The number of phenolic OH excluding ortho intramolecular Hbond substituents is 1. The zero-order valence-electron chi connectivity index (χ0n) is 6.39. The molecule has 0 atom stereocenters. The van der Waals surface area contributed by atoms with E-state index in [1.807, 2.05) is 0 Å². The number of benzene rings is 1. The van der Waals surface area contributed by atoms with E-state index in [2.05, 4.69) is 9.37 Å². The maximum atomic E-state index is 9.38. The molecule has 0 fully saturated rings. The predicted octanol–water partition coefficient (Wildman–Crippen LogP) is -2.37. The van der Waals surface area contributed by atoms with Crippen LogP contribution in [0.3, 0.4) is 0 Å². The third-order valence-corrected chi connectivity index (χ3v) is 1.58. The van der Waals surface area contributed by atoms with Gasteiger partial charge in [-0.15, -0.1) is 0 Å². The first-order chi connectivity index (χ1) is 5.33. The number of phenols is 1. The monoisotopic (exact) mass is 196 g/mol. The number of rotatable bonds is 3. The fourth-order valence-corrected chi connectivity index (χ4v) is 0.908. The molecule has 1 N–H and O–H groups in total. The van der Waals surface area contributed by atoms with E-state index in [4.69, 9.17) is 5.11 Å². The van der Waals surface area contributed by atoms with Crippen molar-refractivity contribution in [2.24, 2.45) is 0 Å². The molecule has 4 nitrogen and oxygen atoms in total. The molecule has 1 aromatic rings. The second kappa shape index (κ2) is 6.73. The predicted molar refractivity (Wildman–Crippen MR) is 36.1 cm³/mol. The maximum Gasteiger partial charge on any atom is 1.00 e. The first kappa shape index (κ1) is 12.2. The standard InChI is InChI=1S/C6H6O4S.Na/c7-5-1-3-6(4-2-5)11-10-9-8;/h1-4,7-8H;/q;+1/p-1. The van der Waals surface area contributed by atoms with Gasteiger partial charge in [0.15, 0.2) is 0 Å². The van der Waals surface area contributed by atoms with E-state index in [9.17, 15) is 5.26 Å². The minimum absolute atomic E-state index is 0. The van der Waals surface area contributed by atoms with Crippen LogP contribution in [0.1, 0.15) is 0 Å². The van der Waals surface area contributed by atoms with E-state index in [0.717, 1.165) is 12.0 Å². The van der Waals surface area contributed by atoms with E-state index in [-0.39, 0.29) is 35.3 Å². The molecule has 1 rings (SSSR count). The molecule has 0 saturated carbocycles. The third-order valence-electron chi connectivity index (χ3n) is 0.995. The molecule has 0 aliphatic rings. The topological polar surface area (TPSA) is 61.8 Å². The van der Waals surface area contributed by atoms with Crippen LogP contribution in [-0.4, -0.2) is 5.11 Å². The molecular formula is C6H5NaO4S. The molecule has 0 spiro atoms. The average molecular weight is 196 g/mol. The van der Waals surface area contributed by atoms with Crippen LogP contribution < -0.4 is 34.8 Å². The summed E-state index contributed by atoms with van der Waals surface area (Å²) in [7, 11) is 0. The van der Waals surface area contributed by atoms with E-state index < -0.39 is 0 Å². The fraction of sp³-hybridized carbons (Fsp3) is 0. The van der Waals surface area contributed by atoms with Crippen molar-refractivity contribution in [3.05, 3.63) is 24.3 Å². The van der Waals surface area contributed by atoms with Crippen LogP contribution >= 0.6 is 12.0 Å². The van der Waals surface area contributed by atoms with Gasteiger partial charge < -0.3 is 10.4 Å². The quantitative estimate of drug-likeness (QED) is 0.253. The summed E-state index contributed by atoms with van der Waals surface area (Å²) in [5.74, 6) is 0.164. The molecule has 0 heterocycles. The fourth-order valence-electron chi connectivity index (χ4n) is 0.555. The number of hydrogen-bond donors (Lipinski definition) is 1. The van der Waals surface area contributed by atoms with E-state index in [1.165, 1.54) is 12.1 Å². The molecule has 0 aromatic heterocycles. The summed E-state index contributed by atoms with van der Waals surface area (Å²) in [5.41, 5.74) is 0. The van der Waals surface area contributed by atoms with E-state index in [0.29, 0.717) is 4.90 Å². The Morgan fingerprint density at radius 2 is 1.83 bits per heavy atom. The summed E-state index contributed by atoms with van der Waals surface area (Å²) in [6.45, 7) is 0. The number of hydrogen-bond acceptors (Lipinski definition) is 5. The Hall–Kier alpha value is 0.250. The molecule has 0 radical (unpaired) electrons. The van der Waals surface area contributed by atoms with Gasteiger partial charge in [0.05, 0.1) is 12.0 Å². The smallest absolute Gasteiger partial charge is 0.691 e. The van der Waals surface area contributed by atoms with Gasteiger partial charge in [0.25, 0.3) is 0 Å². The Morgan fingerprint density at radius 1 is 1.25 bits per heavy atom. The van der Waals surface area contributed by atoms with Crippen LogP contribution in [-0.2, 0) is 9.37 Å². The molecule has 6 heteroatoms. The van der Waals surface area contributed by atoms with Crippen molar-refractivity contribution in [3.63, 3.8) is 0 Å². The molecule has 60 valence electrons. The molecule has 0 aliphatic carbocycles. The molecular weight excluding hydrogens is 191 g/mol. The minimum Gasteiger partial charge on any atom is -0.691 e. The zero-order chi connectivity index (χ0) is 8.10. The molecule has 0 bridgehead atoms. The van der Waals surface area contributed by atoms with Crippen LogP contribution in [0, 0.1) is 0 Å². The van der Waals surface area contributed by atoms with Gasteiger partial charge in [0.2, 0.25) is 0 Å². The Labute approximate surface area is 95.9 Å². The Bertz CT molecular complexity index is 215. The molecule has 0 unspecified atom stereocenters. The van der Waals surface area contributed by atoms with Crippen LogP contribution in [0.25, 0.3) is 0 Å². The summed E-state index contributed by atoms with van der Waals surface area (Å²) in [5, 5.41) is 21.3. The maximum absolute atomic E-state index is 9.38. The van der Waals surface area contributed by atoms with Gasteiger partial charge in [-0.2, -0.15) is 4.33 Å². The zero-order valence-corrected chi connectivity index (χ0v) is 9.21. The third kappa shape index (κ3) is 4.32. The van der Waals surface area contributed by atoms with Crippen molar-refractivity contribution in [2.45, 2.75) is 4.90 Å². The molecule has 0 aliphatic heterocycles. The van der Waals surface area contributed by atoms with E-state index >= 15 is 0 Å². The largest absolute Gasteiger partial charge is 1.00 e. The van der Waals surface area contributed by atoms with E-state index in [1.54, 1.807) is 12.1 Å². The van der Waals surface area contributed by atoms with Gasteiger partial charge in [-0.25, -0.2) is 0 Å². The van der Waals surface area contributed by atoms with Gasteiger partial charge in [-0.3, -0.25) is 5.04 Å². The SMILES string of the molecule is [Na+].[O-]OOSc1ccc(O)cc1. The van der Waals surface area contributed by atoms with Crippen LogP contribution in [0.2, 0.25) is 0 Å². The summed E-state index contributed by atoms with van der Waals surface area (Å²) in [6, 6.07) is 6.16. The minimum atomic E-state index is 0. The average Bonchev–Trinajstić information content (AvgIpc) is 2.04. The summed E-state index contributed by atoms with van der Waals surface area (Å²) in [6.07, 6.45) is 0. The van der Waals surface area contributed by atoms with Crippen LogP contribution in [0.5, 0.6) is 5.75 Å². The van der Waals surface area contributed by atoms with Crippen molar-refractivity contribution >= 4 is 12.0 Å². The van der Waals surface area contributed by atoms with Crippen LogP contribution in [0.15, 0.2) is 29.2 Å². The molecule has 0 saturated heterocycles. The van der Waals surface area contributed by atoms with Gasteiger partial charge in [0, 0.05) is 4.90 Å². The summed E-state index contributed by atoms with van der Waals surface area (Å²) < 4.78 is 4.04. The van der Waals surface area contributed by atoms with Crippen LogP contribution in [0.4, 0.5) is 0 Å². The second-order valence-corrected chi connectivity index (χ2v) is 2.49. The molecule has 12 heavy (non-hydrogen) atoms. The van der Waals surface area contributed by atoms with Gasteiger partial charge in [-0.05, 0) is 24.3 Å². The first-order valence-corrected chi connectivity index (χ1v) is 3.49. The Balaban J connectivity index is 0.00000121. The Kier molecular flexibility index (Phi) is 6.87. The number of aromatic hydroxyl groups is 1. The summed E-state index contributed by atoms with van der Waals surface area (Å²) in [4.78, 5) is 0.679. The van der Waals surface area contributed by atoms with Crippen molar-refractivity contribution < 1.29 is 49.3 Å². The molecule has 1 aromatic carbocycles. The summed E-state index contributed by atoms with van der Waals surface area (Å²) >= 11 is 0.783. The van der Waals surface area contributed by atoms with Crippen molar-refractivity contribution in [1.29, 1.82) is 0 Å². The first-order valence-electron chi connectivity index (χ1n) is 2.75. The van der Waals surface area contributed by atoms with Gasteiger partial charge in [0.1, 0.15) is 5.75 Å². The van der Waals surface area contributed by atoms with Crippen molar-refractivity contribution in [3.8, 4) is 5.75 Å².